The van der Waals surface area contributed by atoms with Crippen LogP contribution in [-0.2, 0) is 22.6 Å². The number of amides is 2. The maximum atomic E-state index is 12.5. The molecule has 1 atom stereocenters. The van der Waals surface area contributed by atoms with Crippen molar-refractivity contribution in [1.29, 1.82) is 0 Å². The zero-order valence-electron chi connectivity index (χ0n) is 14.6. The van der Waals surface area contributed by atoms with E-state index in [2.05, 4.69) is 5.32 Å². The number of rotatable bonds is 5. The summed E-state index contributed by atoms with van der Waals surface area (Å²) in [7, 11) is 0. The fraction of sp³-hybridized carbons (Fsp3) is 0.250. The minimum Gasteiger partial charge on any atom is -0.368 e. The molecule has 26 heavy (non-hydrogen) atoms. The number of nitrogens with zero attached hydrogens (tertiary/aromatic N) is 1. The lowest BCUT2D eigenvalue weighted by Crippen LogP contribution is -2.50. The number of hydrogen-bond donors (Lipinski definition) is 2. The Labute approximate surface area is 152 Å². The number of nitrogens with two attached hydrogens (primary N) is 1. The molecule has 0 aliphatic carbocycles. The van der Waals surface area contributed by atoms with Crippen molar-refractivity contribution in [2.75, 3.05) is 11.9 Å². The van der Waals surface area contributed by atoms with Crippen LogP contribution in [0.15, 0.2) is 48.5 Å². The number of anilines is 1. The highest BCUT2D eigenvalue weighted by Crippen LogP contribution is 2.23. The van der Waals surface area contributed by atoms with Crippen LogP contribution < -0.4 is 11.1 Å². The summed E-state index contributed by atoms with van der Waals surface area (Å²) in [5.41, 5.74) is 8.64. The van der Waals surface area contributed by atoms with Crippen molar-refractivity contribution in [3.63, 3.8) is 0 Å². The van der Waals surface area contributed by atoms with Gasteiger partial charge in [-0.2, -0.15) is 0 Å². The molecule has 2 aromatic carbocycles. The molecule has 0 saturated carbocycles. The molecule has 2 aromatic rings. The average molecular weight is 351 g/mol. The Bertz CT molecular complexity index is 863. The van der Waals surface area contributed by atoms with E-state index in [0.717, 1.165) is 11.1 Å². The van der Waals surface area contributed by atoms with Gasteiger partial charge in [-0.15, -0.1) is 0 Å². The molecule has 0 fully saturated rings. The van der Waals surface area contributed by atoms with Gasteiger partial charge in [0.05, 0.1) is 18.3 Å². The van der Waals surface area contributed by atoms with Crippen molar-refractivity contribution >= 4 is 23.3 Å². The Morgan fingerprint density at radius 3 is 2.42 bits per heavy atom. The largest absolute Gasteiger partial charge is 0.368 e. The molecule has 2 amide bonds. The first-order valence-electron chi connectivity index (χ1n) is 8.45. The normalized spacial score (nSPS) is 16.6. The number of benzene rings is 2. The summed E-state index contributed by atoms with van der Waals surface area (Å²) in [5, 5.41) is 2.77. The van der Waals surface area contributed by atoms with E-state index in [-0.39, 0.29) is 18.2 Å². The first-order chi connectivity index (χ1) is 12.5. The van der Waals surface area contributed by atoms with E-state index < -0.39 is 11.9 Å². The maximum Gasteiger partial charge on any atom is 0.238 e. The van der Waals surface area contributed by atoms with Crippen LogP contribution in [0.1, 0.15) is 28.4 Å². The predicted molar refractivity (Wildman–Crippen MR) is 98.6 cm³/mol. The Morgan fingerprint density at radius 2 is 1.73 bits per heavy atom. The number of carbonyl (C=O) groups excluding carboxylic acids is 3. The second-order valence-corrected chi connectivity index (χ2v) is 6.45. The molecule has 1 aliphatic heterocycles. The second-order valence-electron chi connectivity index (χ2n) is 6.45. The molecular formula is C20H21N3O3. The number of Topliss-reactive ketones (excluding diaryl/α,β-unsaturated/α-hetero) is 1. The molecule has 6 nitrogen and oxygen atoms in total. The van der Waals surface area contributed by atoms with Crippen LogP contribution in [0.25, 0.3) is 0 Å². The van der Waals surface area contributed by atoms with Crippen molar-refractivity contribution in [2.45, 2.75) is 25.9 Å². The van der Waals surface area contributed by atoms with Crippen LogP contribution in [0.4, 0.5) is 5.69 Å². The number of primary amides is 1. The van der Waals surface area contributed by atoms with Gasteiger partial charge in [0.1, 0.15) is 0 Å². The molecule has 1 heterocycles. The lowest BCUT2D eigenvalue weighted by atomic mass is 9.93. The molecule has 0 radical (unpaired) electrons. The summed E-state index contributed by atoms with van der Waals surface area (Å²) in [6.07, 6.45) is 0.489. The summed E-state index contributed by atoms with van der Waals surface area (Å²) in [6, 6.07) is 14.2. The van der Waals surface area contributed by atoms with Gasteiger partial charge in [-0.1, -0.05) is 36.4 Å². The molecule has 1 aliphatic rings. The molecule has 0 bridgehead atoms. The molecular weight excluding hydrogens is 330 g/mol. The second kappa shape index (κ2) is 7.49. The van der Waals surface area contributed by atoms with E-state index >= 15 is 0 Å². The minimum absolute atomic E-state index is 0.0220. The van der Waals surface area contributed by atoms with Crippen molar-refractivity contribution in [3.8, 4) is 0 Å². The molecule has 3 N–H and O–H groups in total. The monoisotopic (exact) mass is 351 g/mol. The molecule has 134 valence electrons. The molecule has 0 aromatic heterocycles. The fourth-order valence-electron chi connectivity index (χ4n) is 3.30. The van der Waals surface area contributed by atoms with Gasteiger partial charge >= 0.3 is 0 Å². The predicted octanol–water partition coefficient (Wildman–Crippen LogP) is 1.74. The number of hydrogen-bond acceptors (Lipinski definition) is 4. The summed E-state index contributed by atoms with van der Waals surface area (Å²) < 4.78 is 0. The van der Waals surface area contributed by atoms with Crippen LogP contribution in [0.3, 0.4) is 0 Å². The Hall–Kier alpha value is -2.99. The molecule has 3 rings (SSSR count). The molecule has 0 unspecified atom stereocenters. The van der Waals surface area contributed by atoms with Gasteiger partial charge in [0, 0.05) is 12.1 Å². The highest BCUT2D eigenvalue weighted by molar-refractivity contribution is 6.04. The third-order valence-electron chi connectivity index (χ3n) is 4.60. The summed E-state index contributed by atoms with van der Waals surface area (Å²) in [5.74, 6) is -0.858. The van der Waals surface area contributed by atoms with Gasteiger partial charge < -0.3 is 11.1 Å². The van der Waals surface area contributed by atoms with E-state index in [0.29, 0.717) is 24.2 Å². The van der Waals surface area contributed by atoms with Crippen LogP contribution in [-0.4, -0.2) is 35.1 Å². The van der Waals surface area contributed by atoms with Crippen molar-refractivity contribution in [3.05, 3.63) is 65.2 Å². The lowest BCUT2D eigenvalue weighted by Gasteiger charge is -2.34. The highest BCUT2D eigenvalue weighted by atomic mass is 16.2. The third-order valence-corrected chi connectivity index (χ3v) is 4.60. The topological polar surface area (TPSA) is 92.5 Å². The lowest BCUT2D eigenvalue weighted by molar-refractivity contribution is -0.125. The zero-order valence-corrected chi connectivity index (χ0v) is 14.6. The van der Waals surface area contributed by atoms with Gasteiger partial charge in [0.15, 0.2) is 5.78 Å². The average Bonchev–Trinajstić information content (AvgIpc) is 2.61. The van der Waals surface area contributed by atoms with Gasteiger partial charge in [-0.25, -0.2) is 0 Å². The molecule has 0 saturated heterocycles. The number of para-hydroxylation sites is 1. The smallest absolute Gasteiger partial charge is 0.238 e. The minimum atomic E-state index is -0.529. The first-order valence-corrected chi connectivity index (χ1v) is 8.45. The zero-order chi connectivity index (χ0) is 18.7. The van der Waals surface area contributed by atoms with Crippen LogP contribution in [0.5, 0.6) is 0 Å². The van der Waals surface area contributed by atoms with E-state index in [9.17, 15) is 14.4 Å². The summed E-state index contributed by atoms with van der Waals surface area (Å²) in [6.45, 7) is 1.95. The highest BCUT2D eigenvalue weighted by Gasteiger charge is 2.31. The molecule has 6 heteroatoms. The van der Waals surface area contributed by atoms with Gasteiger partial charge in [-0.05, 0) is 36.6 Å². The van der Waals surface area contributed by atoms with E-state index in [4.69, 9.17) is 5.73 Å². The van der Waals surface area contributed by atoms with Crippen LogP contribution >= 0.6 is 0 Å². The summed E-state index contributed by atoms with van der Waals surface area (Å²) >= 11 is 0. The van der Waals surface area contributed by atoms with Gasteiger partial charge in [0.2, 0.25) is 11.8 Å². The Balaban J connectivity index is 1.76. The third kappa shape index (κ3) is 3.81. The standard InChI is InChI=1S/C20H21N3O3/c1-13(24)16-8-4-5-9-17(16)22-19(25)12-23-11-15-7-3-2-6-14(15)10-18(23)20(21)26/h2-9,18H,10-12H2,1H3,(H2,21,26)(H,22,25)/t18-/m0/s1. The number of nitrogens with one attached hydrogen (secondary N) is 1. The van der Waals surface area contributed by atoms with E-state index in [1.807, 2.05) is 24.3 Å². The van der Waals surface area contributed by atoms with E-state index in [1.54, 1.807) is 29.2 Å². The van der Waals surface area contributed by atoms with Crippen molar-refractivity contribution in [2.24, 2.45) is 5.73 Å². The number of carbonyl (C=O) groups is 3. The maximum absolute atomic E-state index is 12.5. The fourth-order valence-corrected chi connectivity index (χ4v) is 3.30. The Kier molecular flexibility index (Phi) is 5.14. The Morgan fingerprint density at radius 1 is 1.08 bits per heavy atom. The van der Waals surface area contributed by atoms with Crippen molar-refractivity contribution < 1.29 is 14.4 Å². The number of fused-ring (bicyclic) bond motifs is 1. The quantitative estimate of drug-likeness (QED) is 0.803. The SMILES string of the molecule is CC(=O)c1ccccc1NC(=O)CN1Cc2ccccc2C[C@H]1C(N)=O. The van der Waals surface area contributed by atoms with Gasteiger partial charge in [0.25, 0.3) is 0 Å². The molecule has 0 spiro atoms. The first kappa shape index (κ1) is 17.8. The summed E-state index contributed by atoms with van der Waals surface area (Å²) in [4.78, 5) is 37.8. The van der Waals surface area contributed by atoms with Gasteiger partial charge in [-0.3, -0.25) is 19.3 Å². The van der Waals surface area contributed by atoms with E-state index in [1.165, 1.54) is 6.92 Å². The number of ketones is 1. The van der Waals surface area contributed by atoms with Crippen LogP contribution in [0.2, 0.25) is 0 Å². The van der Waals surface area contributed by atoms with Crippen LogP contribution in [0, 0.1) is 0 Å². The van der Waals surface area contributed by atoms with Crippen molar-refractivity contribution in [1.82, 2.24) is 4.90 Å².